The lowest BCUT2D eigenvalue weighted by molar-refractivity contribution is -0.192. The molecule has 43 heavy (non-hydrogen) atoms. The highest BCUT2D eigenvalue weighted by atomic mass is 19.4. The van der Waals surface area contributed by atoms with E-state index in [2.05, 4.69) is 37.6 Å². The van der Waals surface area contributed by atoms with Gasteiger partial charge in [0.05, 0.1) is 17.6 Å². The third-order valence-electron chi connectivity index (χ3n) is 5.86. The Labute approximate surface area is 241 Å². The van der Waals surface area contributed by atoms with Crippen molar-refractivity contribution in [3.05, 3.63) is 85.7 Å². The van der Waals surface area contributed by atoms with Gasteiger partial charge in [0, 0.05) is 54.8 Å². The molecule has 2 aromatic carbocycles. The molecule has 11 nitrogen and oxygen atoms in total. The fourth-order valence-corrected chi connectivity index (χ4v) is 3.83. The van der Waals surface area contributed by atoms with E-state index in [-0.39, 0.29) is 5.69 Å². The van der Waals surface area contributed by atoms with Gasteiger partial charge < -0.3 is 25.6 Å². The van der Waals surface area contributed by atoms with Crippen LogP contribution < -0.4 is 16.0 Å². The molecule has 0 unspecified atom stereocenters. The van der Waals surface area contributed by atoms with E-state index in [1.807, 2.05) is 49.1 Å². The summed E-state index contributed by atoms with van der Waals surface area (Å²) in [5, 5.41) is 21.2. The van der Waals surface area contributed by atoms with Crippen molar-refractivity contribution in [2.45, 2.75) is 6.18 Å². The van der Waals surface area contributed by atoms with Gasteiger partial charge in [-0.1, -0.05) is 12.6 Å². The molecular weight excluding hydrogens is 572 g/mol. The average Bonchev–Trinajstić information content (AvgIpc) is 3.54. The standard InChI is InChI=1S/C26H23FN8O.C2HF3O2/c1-4-24(36)30-18-6-7-21(27)22(12-18)32-25-20(16-5-8-23-17(11-16)9-10-34(23)2)14-28-26(33-25)31-19-13-29-35(3)15-19;3-2(4,5)1(6)7/h4-15H,1H2,2-3H3,(H,30,36)(H2,28,31,32,33);(H,6,7). The molecule has 15 heteroatoms. The number of rotatable bonds is 7. The second-order valence-corrected chi connectivity index (χ2v) is 9.00. The number of amides is 1. The van der Waals surface area contributed by atoms with E-state index in [9.17, 15) is 22.4 Å². The van der Waals surface area contributed by atoms with Gasteiger partial charge in [-0.15, -0.1) is 0 Å². The van der Waals surface area contributed by atoms with Gasteiger partial charge in [0.15, 0.2) is 0 Å². The van der Waals surface area contributed by atoms with Gasteiger partial charge in [-0.3, -0.25) is 9.48 Å². The second-order valence-electron chi connectivity index (χ2n) is 9.00. The van der Waals surface area contributed by atoms with E-state index >= 15 is 0 Å². The van der Waals surface area contributed by atoms with Gasteiger partial charge in [0.1, 0.15) is 11.6 Å². The maximum Gasteiger partial charge on any atom is 0.490 e. The van der Waals surface area contributed by atoms with Crippen molar-refractivity contribution in [2.75, 3.05) is 16.0 Å². The Morgan fingerprint density at radius 1 is 1.02 bits per heavy atom. The Kier molecular flexibility index (Phi) is 8.73. The summed E-state index contributed by atoms with van der Waals surface area (Å²) in [6.45, 7) is 3.45. The van der Waals surface area contributed by atoms with Gasteiger partial charge in [-0.05, 0) is 48.0 Å². The van der Waals surface area contributed by atoms with Crippen LogP contribution in [-0.2, 0) is 23.7 Å². The minimum Gasteiger partial charge on any atom is -0.475 e. The third-order valence-corrected chi connectivity index (χ3v) is 5.86. The van der Waals surface area contributed by atoms with Crippen LogP contribution in [0, 0.1) is 5.82 Å². The predicted molar refractivity (Wildman–Crippen MR) is 153 cm³/mol. The number of nitrogens with one attached hydrogen (secondary N) is 3. The Morgan fingerprint density at radius 2 is 1.77 bits per heavy atom. The summed E-state index contributed by atoms with van der Waals surface area (Å²) in [6.07, 6.45) is 3.18. The first-order valence-electron chi connectivity index (χ1n) is 12.3. The highest BCUT2D eigenvalue weighted by molar-refractivity contribution is 5.99. The van der Waals surface area contributed by atoms with Crippen LogP contribution in [0.5, 0.6) is 0 Å². The minimum atomic E-state index is -5.08. The number of carbonyl (C=O) groups is 2. The molecule has 0 saturated carbocycles. The number of carbonyl (C=O) groups excluding carboxylic acids is 1. The largest absolute Gasteiger partial charge is 0.490 e. The first-order chi connectivity index (χ1) is 20.3. The van der Waals surface area contributed by atoms with Crippen LogP contribution in [0.3, 0.4) is 0 Å². The fraction of sp³-hybridized carbons (Fsp3) is 0.107. The van der Waals surface area contributed by atoms with E-state index in [1.165, 1.54) is 18.2 Å². The van der Waals surface area contributed by atoms with E-state index in [4.69, 9.17) is 9.90 Å². The maximum absolute atomic E-state index is 14.8. The lowest BCUT2D eigenvalue weighted by Gasteiger charge is -2.15. The number of aromatic nitrogens is 5. The predicted octanol–water partition coefficient (Wildman–Crippen LogP) is 5.75. The SMILES string of the molecule is C=CC(=O)Nc1ccc(F)c(Nc2nc(Nc3cnn(C)c3)ncc2-c2ccc3c(ccn3C)c2)c1.O=C(O)C(F)(F)F. The zero-order chi connectivity index (χ0) is 31.3. The molecule has 3 heterocycles. The minimum absolute atomic E-state index is 0.143. The van der Waals surface area contributed by atoms with Crippen LogP contribution in [0.2, 0.25) is 0 Å². The lowest BCUT2D eigenvalue weighted by Crippen LogP contribution is -2.21. The molecule has 4 N–H and O–H groups in total. The van der Waals surface area contributed by atoms with Gasteiger partial charge in [-0.2, -0.15) is 23.3 Å². The number of anilines is 5. The molecular formula is C28H24F4N8O3. The topological polar surface area (TPSA) is 139 Å². The number of alkyl halides is 3. The van der Waals surface area contributed by atoms with Crippen molar-refractivity contribution in [1.29, 1.82) is 0 Å². The van der Waals surface area contributed by atoms with Crippen molar-refractivity contribution in [3.63, 3.8) is 0 Å². The van der Waals surface area contributed by atoms with E-state index < -0.39 is 23.9 Å². The Hall–Kier alpha value is -5.73. The Morgan fingerprint density at radius 3 is 2.42 bits per heavy atom. The molecule has 0 aliphatic rings. The second kappa shape index (κ2) is 12.4. The summed E-state index contributed by atoms with van der Waals surface area (Å²) in [7, 11) is 3.79. The summed E-state index contributed by atoms with van der Waals surface area (Å²) >= 11 is 0. The number of aliphatic carboxylic acids is 1. The molecule has 0 bridgehead atoms. The molecule has 0 radical (unpaired) electrons. The number of fused-ring (bicyclic) bond motifs is 1. The summed E-state index contributed by atoms with van der Waals surface area (Å²) in [6, 6.07) is 12.3. The molecule has 0 aliphatic heterocycles. The Bertz CT molecular complexity index is 1810. The quantitative estimate of drug-likeness (QED) is 0.138. The number of hydrogen-bond acceptors (Lipinski definition) is 7. The number of halogens is 4. The summed E-state index contributed by atoms with van der Waals surface area (Å²) in [5.41, 5.74) is 3.89. The molecule has 5 aromatic rings. The molecule has 0 spiro atoms. The van der Waals surface area contributed by atoms with Crippen molar-refractivity contribution in [2.24, 2.45) is 14.1 Å². The monoisotopic (exact) mass is 596 g/mol. The molecule has 3 aromatic heterocycles. The zero-order valence-electron chi connectivity index (χ0n) is 22.6. The van der Waals surface area contributed by atoms with Crippen LogP contribution >= 0.6 is 0 Å². The molecule has 5 rings (SSSR count). The molecule has 0 saturated heterocycles. The number of carboxylic acids is 1. The van der Waals surface area contributed by atoms with Crippen LogP contribution in [0.15, 0.2) is 79.9 Å². The molecule has 0 atom stereocenters. The molecule has 0 aliphatic carbocycles. The Balaban J connectivity index is 0.000000541. The van der Waals surface area contributed by atoms with Crippen molar-refractivity contribution in [3.8, 4) is 11.1 Å². The fourth-order valence-electron chi connectivity index (χ4n) is 3.83. The first kappa shape index (κ1) is 30.2. The number of carboxylic acid groups (broad SMARTS) is 1. The summed E-state index contributed by atoms with van der Waals surface area (Å²) in [4.78, 5) is 29.7. The van der Waals surface area contributed by atoms with Crippen LogP contribution in [0.1, 0.15) is 0 Å². The average molecular weight is 597 g/mol. The van der Waals surface area contributed by atoms with Crippen molar-refractivity contribution in [1.82, 2.24) is 24.3 Å². The smallest absolute Gasteiger partial charge is 0.475 e. The van der Waals surface area contributed by atoms with Crippen LogP contribution in [-0.4, -0.2) is 47.5 Å². The number of benzene rings is 2. The van der Waals surface area contributed by atoms with Gasteiger partial charge in [-0.25, -0.2) is 14.2 Å². The molecule has 222 valence electrons. The van der Waals surface area contributed by atoms with E-state index in [0.717, 1.165) is 22.5 Å². The van der Waals surface area contributed by atoms with E-state index in [1.54, 1.807) is 23.3 Å². The normalized spacial score (nSPS) is 10.9. The van der Waals surface area contributed by atoms with Crippen molar-refractivity contribution < 1.29 is 32.3 Å². The highest BCUT2D eigenvalue weighted by Gasteiger charge is 2.38. The van der Waals surface area contributed by atoms with Gasteiger partial charge >= 0.3 is 12.1 Å². The van der Waals surface area contributed by atoms with Gasteiger partial charge in [0.25, 0.3) is 0 Å². The summed E-state index contributed by atoms with van der Waals surface area (Å²) < 4.78 is 50.2. The van der Waals surface area contributed by atoms with Crippen LogP contribution in [0.4, 0.5) is 46.4 Å². The van der Waals surface area contributed by atoms with Crippen molar-refractivity contribution >= 4 is 51.6 Å². The summed E-state index contributed by atoms with van der Waals surface area (Å²) in [5.74, 6) is -2.96. The number of hydrogen-bond donors (Lipinski definition) is 4. The van der Waals surface area contributed by atoms with Crippen LogP contribution in [0.25, 0.3) is 22.0 Å². The maximum atomic E-state index is 14.8. The number of aryl methyl sites for hydroxylation is 2. The number of nitrogens with zero attached hydrogens (tertiary/aromatic N) is 5. The van der Waals surface area contributed by atoms with Gasteiger partial charge in [0.2, 0.25) is 11.9 Å². The zero-order valence-corrected chi connectivity index (χ0v) is 22.6. The highest BCUT2D eigenvalue weighted by Crippen LogP contribution is 2.33. The third kappa shape index (κ3) is 7.52. The van der Waals surface area contributed by atoms with E-state index in [0.29, 0.717) is 28.7 Å². The molecule has 1 amide bonds. The first-order valence-corrected chi connectivity index (χ1v) is 12.3. The lowest BCUT2D eigenvalue weighted by atomic mass is 10.1. The molecule has 0 fully saturated rings.